The van der Waals surface area contributed by atoms with E-state index in [0.29, 0.717) is 17.7 Å². The van der Waals surface area contributed by atoms with Crippen molar-refractivity contribution in [3.63, 3.8) is 0 Å². The van der Waals surface area contributed by atoms with Crippen LogP contribution in [-0.4, -0.2) is 30.5 Å². The van der Waals surface area contributed by atoms with E-state index in [2.05, 4.69) is 27.3 Å². The molecule has 2 aliphatic rings. The quantitative estimate of drug-likeness (QED) is 0.926. The molecule has 0 bridgehead atoms. The fourth-order valence-corrected chi connectivity index (χ4v) is 3.53. The van der Waals surface area contributed by atoms with Gasteiger partial charge in [-0.3, -0.25) is 9.78 Å². The summed E-state index contributed by atoms with van der Waals surface area (Å²) in [5.41, 5.74) is 1.26. The van der Waals surface area contributed by atoms with Crippen LogP contribution in [0.4, 0.5) is 5.69 Å². The second-order valence-corrected chi connectivity index (χ2v) is 6.36. The minimum Gasteiger partial charge on any atom is -0.371 e. The summed E-state index contributed by atoms with van der Waals surface area (Å²) in [6.45, 7) is 3.02. The number of carbonyl (C=O) groups is 1. The number of piperidine rings is 1. The van der Waals surface area contributed by atoms with E-state index in [1.807, 2.05) is 12.4 Å². The maximum Gasteiger partial charge on any atom is 0.223 e. The van der Waals surface area contributed by atoms with E-state index in [4.69, 9.17) is 0 Å². The van der Waals surface area contributed by atoms with Crippen molar-refractivity contribution >= 4 is 11.6 Å². The number of aromatic nitrogens is 1. The number of hydrogen-bond donors (Lipinski definition) is 1. The molecule has 0 aromatic carbocycles. The number of pyridine rings is 1. The molecule has 1 aliphatic carbocycles. The molecule has 1 N–H and O–H groups in total. The molecule has 2 heterocycles. The molecule has 0 unspecified atom stereocenters. The lowest BCUT2D eigenvalue weighted by Crippen LogP contribution is -2.40. The summed E-state index contributed by atoms with van der Waals surface area (Å²) >= 11 is 0. The van der Waals surface area contributed by atoms with E-state index in [9.17, 15) is 4.79 Å². The van der Waals surface area contributed by atoms with Crippen LogP contribution in [0, 0.1) is 11.8 Å². The number of rotatable bonds is 4. The highest BCUT2D eigenvalue weighted by atomic mass is 16.1. The van der Waals surface area contributed by atoms with E-state index in [1.165, 1.54) is 18.5 Å². The van der Waals surface area contributed by atoms with Crippen LogP contribution in [0.5, 0.6) is 0 Å². The van der Waals surface area contributed by atoms with Crippen molar-refractivity contribution in [3.8, 4) is 0 Å². The minimum absolute atomic E-state index is 0.293. The minimum atomic E-state index is 0.293. The number of nitrogens with zero attached hydrogens (tertiary/aromatic N) is 2. The Morgan fingerprint density at radius 2 is 1.81 bits per heavy atom. The second-order valence-electron chi connectivity index (χ2n) is 6.36. The van der Waals surface area contributed by atoms with Crippen LogP contribution in [0.3, 0.4) is 0 Å². The number of carbonyl (C=O) groups excluding carboxylic acids is 1. The van der Waals surface area contributed by atoms with Gasteiger partial charge in [-0.25, -0.2) is 0 Å². The van der Waals surface area contributed by atoms with E-state index in [0.717, 1.165) is 45.3 Å². The molecular weight excluding hydrogens is 262 g/mol. The number of amides is 1. The van der Waals surface area contributed by atoms with Gasteiger partial charge in [0.15, 0.2) is 0 Å². The molecule has 0 radical (unpaired) electrons. The highest BCUT2D eigenvalue weighted by molar-refractivity contribution is 5.78. The van der Waals surface area contributed by atoms with Crippen LogP contribution in [0.2, 0.25) is 0 Å². The maximum atomic E-state index is 12.0. The summed E-state index contributed by atoms with van der Waals surface area (Å²) in [7, 11) is 0. The van der Waals surface area contributed by atoms with Crippen molar-refractivity contribution in [3.05, 3.63) is 24.5 Å². The molecule has 1 aromatic rings. The average molecular weight is 287 g/mol. The average Bonchev–Trinajstić information content (AvgIpc) is 3.08. The Labute approximate surface area is 126 Å². The second kappa shape index (κ2) is 6.92. The Bertz CT molecular complexity index is 448. The third-order valence-corrected chi connectivity index (χ3v) is 4.93. The van der Waals surface area contributed by atoms with Gasteiger partial charge < -0.3 is 10.2 Å². The van der Waals surface area contributed by atoms with Crippen LogP contribution >= 0.6 is 0 Å². The maximum absolute atomic E-state index is 12.0. The zero-order valence-electron chi connectivity index (χ0n) is 12.6. The Hall–Kier alpha value is -1.58. The van der Waals surface area contributed by atoms with Crippen molar-refractivity contribution in [2.45, 2.75) is 38.5 Å². The molecular formula is C17H25N3O. The van der Waals surface area contributed by atoms with Gasteiger partial charge in [-0.15, -0.1) is 0 Å². The molecule has 21 heavy (non-hydrogen) atoms. The summed E-state index contributed by atoms with van der Waals surface area (Å²) in [6.07, 6.45) is 10.6. The predicted octanol–water partition coefficient (Wildman–Crippen LogP) is 2.60. The SMILES string of the molecule is O=C(NCC1CCN(c2ccncc2)CC1)C1CCCC1. The Morgan fingerprint density at radius 1 is 1.14 bits per heavy atom. The van der Waals surface area contributed by atoms with Gasteiger partial charge in [0, 0.05) is 43.6 Å². The summed E-state index contributed by atoms with van der Waals surface area (Å²) < 4.78 is 0. The zero-order valence-corrected chi connectivity index (χ0v) is 12.6. The normalized spacial score (nSPS) is 20.7. The van der Waals surface area contributed by atoms with Gasteiger partial charge in [0.25, 0.3) is 0 Å². The van der Waals surface area contributed by atoms with E-state index in [-0.39, 0.29) is 0 Å². The van der Waals surface area contributed by atoms with Crippen molar-refractivity contribution in [1.82, 2.24) is 10.3 Å². The summed E-state index contributed by atoms with van der Waals surface area (Å²) in [6, 6.07) is 4.14. The van der Waals surface area contributed by atoms with Gasteiger partial charge in [-0.05, 0) is 43.7 Å². The van der Waals surface area contributed by atoms with Crippen LogP contribution in [0.1, 0.15) is 38.5 Å². The summed E-state index contributed by atoms with van der Waals surface area (Å²) in [5.74, 6) is 1.22. The molecule has 0 atom stereocenters. The first-order chi connectivity index (χ1) is 10.3. The molecule has 0 spiro atoms. The highest BCUT2D eigenvalue weighted by Gasteiger charge is 2.24. The molecule has 114 valence electrons. The van der Waals surface area contributed by atoms with Crippen LogP contribution in [-0.2, 0) is 4.79 Å². The van der Waals surface area contributed by atoms with Gasteiger partial charge in [-0.1, -0.05) is 12.8 Å². The van der Waals surface area contributed by atoms with E-state index in [1.54, 1.807) is 0 Å². The molecule has 3 rings (SSSR count). The molecule has 2 fully saturated rings. The molecule has 1 aromatic heterocycles. The molecule has 4 nitrogen and oxygen atoms in total. The lowest BCUT2D eigenvalue weighted by molar-refractivity contribution is -0.125. The monoisotopic (exact) mass is 287 g/mol. The van der Waals surface area contributed by atoms with Gasteiger partial charge in [0.2, 0.25) is 5.91 Å². The van der Waals surface area contributed by atoms with Gasteiger partial charge in [0.05, 0.1) is 0 Å². The van der Waals surface area contributed by atoms with E-state index >= 15 is 0 Å². The van der Waals surface area contributed by atoms with Crippen molar-refractivity contribution in [2.75, 3.05) is 24.5 Å². The van der Waals surface area contributed by atoms with Gasteiger partial charge in [0.1, 0.15) is 0 Å². The predicted molar refractivity (Wildman–Crippen MR) is 84.1 cm³/mol. The first kappa shape index (κ1) is 14.4. The lowest BCUT2D eigenvalue weighted by Gasteiger charge is -2.33. The summed E-state index contributed by atoms with van der Waals surface area (Å²) in [4.78, 5) is 18.5. The molecule has 1 saturated carbocycles. The van der Waals surface area contributed by atoms with Crippen LogP contribution < -0.4 is 10.2 Å². The van der Waals surface area contributed by atoms with Crippen LogP contribution in [0.15, 0.2) is 24.5 Å². The number of hydrogen-bond acceptors (Lipinski definition) is 3. The number of nitrogens with one attached hydrogen (secondary N) is 1. The first-order valence-corrected chi connectivity index (χ1v) is 8.25. The number of anilines is 1. The van der Waals surface area contributed by atoms with Crippen molar-refractivity contribution in [1.29, 1.82) is 0 Å². The Morgan fingerprint density at radius 3 is 2.48 bits per heavy atom. The Balaban J connectivity index is 1.40. The Kier molecular flexibility index (Phi) is 4.73. The fourth-order valence-electron chi connectivity index (χ4n) is 3.53. The van der Waals surface area contributed by atoms with Crippen molar-refractivity contribution < 1.29 is 4.79 Å². The smallest absolute Gasteiger partial charge is 0.223 e. The molecule has 1 aliphatic heterocycles. The van der Waals surface area contributed by atoms with E-state index < -0.39 is 0 Å². The topological polar surface area (TPSA) is 45.2 Å². The lowest BCUT2D eigenvalue weighted by atomic mass is 9.96. The largest absolute Gasteiger partial charge is 0.371 e. The molecule has 1 amide bonds. The third-order valence-electron chi connectivity index (χ3n) is 4.93. The third kappa shape index (κ3) is 3.74. The van der Waals surface area contributed by atoms with Crippen LogP contribution in [0.25, 0.3) is 0 Å². The van der Waals surface area contributed by atoms with Gasteiger partial charge >= 0.3 is 0 Å². The molecule has 1 saturated heterocycles. The molecule has 4 heteroatoms. The van der Waals surface area contributed by atoms with Crippen molar-refractivity contribution in [2.24, 2.45) is 11.8 Å². The highest BCUT2D eigenvalue weighted by Crippen LogP contribution is 2.25. The standard InChI is InChI=1S/C17H25N3O/c21-17(15-3-1-2-4-15)19-13-14-7-11-20(12-8-14)16-5-9-18-10-6-16/h5-6,9-10,14-15H,1-4,7-8,11-13H2,(H,19,21). The fraction of sp³-hybridized carbons (Fsp3) is 0.647. The zero-order chi connectivity index (χ0) is 14.5. The summed E-state index contributed by atoms with van der Waals surface area (Å²) in [5, 5.41) is 3.18. The van der Waals surface area contributed by atoms with Gasteiger partial charge in [-0.2, -0.15) is 0 Å². The first-order valence-electron chi connectivity index (χ1n) is 8.25.